The summed E-state index contributed by atoms with van der Waals surface area (Å²) in [5.41, 5.74) is 0.314. The molecular weight excluding hydrogens is 162 g/mol. The van der Waals surface area contributed by atoms with E-state index in [0.29, 0.717) is 12.0 Å². The van der Waals surface area contributed by atoms with Crippen LogP contribution in [0.5, 0.6) is 0 Å². The van der Waals surface area contributed by atoms with E-state index in [4.69, 9.17) is 0 Å². The van der Waals surface area contributed by atoms with Gasteiger partial charge in [0.05, 0.1) is 0 Å². The van der Waals surface area contributed by atoms with Gasteiger partial charge in [-0.15, -0.1) is 0 Å². The summed E-state index contributed by atoms with van der Waals surface area (Å²) in [6.07, 6.45) is 3.90. The van der Waals surface area contributed by atoms with Crippen molar-refractivity contribution in [1.29, 1.82) is 0 Å². The Morgan fingerprint density at radius 1 is 1.54 bits per heavy atom. The summed E-state index contributed by atoms with van der Waals surface area (Å²) in [7, 11) is 2.20. The first-order valence-corrected chi connectivity index (χ1v) is 5.48. The Hall–Kier alpha value is -0.0800. The van der Waals surface area contributed by atoms with Crippen molar-refractivity contribution >= 4 is 0 Å². The molecule has 3 unspecified atom stereocenters. The Balaban J connectivity index is 1.99. The van der Waals surface area contributed by atoms with E-state index >= 15 is 0 Å². The van der Waals surface area contributed by atoms with Crippen molar-refractivity contribution in [3.63, 3.8) is 0 Å². The first-order chi connectivity index (χ1) is 6.19. The molecule has 1 aliphatic carbocycles. The van der Waals surface area contributed by atoms with Gasteiger partial charge in [-0.3, -0.25) is 0 Å². The molecular formula is C11H21NO. The van der Waals surface area contributed by atoms with E-state index in [1.54, 1.807) is 0 Å². The van der Waals surface area contributed by atoms with Crippen molar-refractivity contribution in [3.05, 3.63) is 0 Å². The summed E-state index contributed by atoms with van der Waals surface area (Å²) >= 11 is 0. The minimum atomic E-state index is 0.314. The summed E-state index contributed by atoms with van der Waals surface area (Å²) in [5.74, 6) is 1.51. The summed E-state index contributed by atoms with van der Waals surface area (Å²) in [4.78, 5) is 2.41. The molecule has 0 amide bonds. The zero-order valence-electron chi connectivity index (χ0n) is 8.79. The fourth-order valence-corrected chi connectivity index (χ4v) is 3.07. The lowest BCUT2D eigenvalue weighted by Gasteiger charge is -2.35. The number of hydrogen-bond acceptors (Lipinski definition) is 2. The van der Waals surface area contributed by atoms with E-state index < -0.39 is 0 Å². The largest absolute Gasteiger partial charge is 0.396 e. The summed E-state index contributed by atoms with van der Waals surface area (Å²) in [6, 6.07) is 0. The van der Waals surface area contributed by atoms with Gasteiger partial charge in [0.15, 0.2) is 0 Å². The van der Waals surface area contributed by atoms with Crippen molar-refractivity contribution in [2.75, 3.05) is 26.7 Å². The van der Waals surface area contributed by atoms with Crippen LogP contribution in [0, 0.1) is 17.3 Å². The molecule has 3 atom stereocenters. The third kappa shape index (κ3) is 1.50. The van der Waals surface area contributed by atoms with Gasteiger partial charge in [0.1, 0.15) is 0 Å². The smallest absolute Gasteiger partial charge is 0.0493 e. The fourth-order valence-electron chi connectivity index (χ4n) is 3.07. The molecule has 13 heavy (non-hydrogen) atoms. The molecule has 0 aromatic carbocycles. The second-order valence-electron chi connectivity index (χ2n) is 5.10. The van der Waals surface area contributed by atoms with Gasteiger partial charge in [-0.05, 0) is 44.7 Å². The highest BCUT2D eigenvalue weighted by Gasteiger charge is 2.55. The SMILES string of the molecule is CC1CC1(CO)C1CCCN(C)C1. The highest BCUT2D eigenvalue weighted by atomic mass is 16.3. The minimum absolute atomic E-state index is 0.314. The van der Waals surface area contributed by atoms with Gasteiger partial charge in [0, 0.05) is 18.6 Å². The predicted molar refractivity (Wildman–Crippen MR) is 53.5 cm³/mol. The van der Waals surface area contributed by atoms with Gasteiger partial charge >= 0.3 is 0 Å². The Bertz CT molecular complexity index is 191. The highest BCUT2D eigenvalue weighted by molar-refractivity contribution is 5.05. The van der Waals surface area contributed by atoms with Crippen LogP contribution in [-0.2, 0) is 0 Å². The number of aliphatic hydroxyl groups is 1. The molecule has 2 aliphatic rings. The first-order valence-electron chi connectivity index (χ1n) is 5.48. The minimum Gasteiger partial charge on any atom is -0.396 e. The normalized spacial score (nSPS) is 46.4. The molecule has 2 fully saturated rings. The third-order valence-electron chi connectivity index (χ3n) is 4.24. The van der Waals surface area contributed by atoms with E-state index in [0.717, 1.165) is 11.8 Å². The van der Waals surface area contributed by atoms with E-state index in [-0.39, 0.29) is 0 Å². The summed E-state index contributed by atoms with van der Waals surface area (Å²) in [6.45, 7) is 5.13. The van der Waals surface area contributed by atoms with Gasteiger partial charge in [-0.2, -0.15) is 0 Å². The zero-order valence-corrected chi connectivity index (χ0v) is 8.79. The monoisotopic (exact) mass is 183 g/mol. The number of hydrogen-bond donors (Lipinski definition) is 1. The lowest BCUT2D eigenvalue weighted by molar-refractivity contribution is 0.0850. The van der Waals surface area contributed by atoms with Crippen molar-refractivity contribution in [1.82, 2.24) is 4.90 Å². The molecule has 1 saturated carbocycles. The molecule has 0 spiro atoms. The second kappa shape index (κ2) is 3.25. The van der Waals surface area contributed by atoms with E-state index in [9.17, 15) is 5.11 Å². The van der Waals surface area contributed by atoms with Crippen molar-refractivity contribution < 1.29 is 5.11 Å². The molecule has 0 radical (unpaired) electrons. The predicted octanol–water partition coefficient (Wildman–Crippen LogP) is 1.35. The van der Waals surface area contributed by atoms with Gasteiger partial charge in [0.25, 0.3) is 0 Å². The zero-order chi connectivity index (χ0) is 9.47. The molecule has 1 N–H and O–H groups in total. The van der Waals surface area contributed by atoms with E-state index in [1.807, 2.05) is 0 Å². The average Bonchev–Trinajstić information content (AvgIpc) is 2.78. The number of piperidine rings is 1. The Morgan fingerprint density at radius 3 is 2.69 bits per heavy atom. The van der Waals surface area contributed by atoms with Crippen LogP contribution >= 0.6 is 0 Å². The molecule has 0 aromatic rings. The first kappa shape index (κ1) is 9.47. The van der Waals surface area contributed by atoms with Crippen LogP contribution in [0.2, 0.25) is 0 Å². The van der Waals surface area contributed by atoms with E-state index in [1.165, 1.54) is 32.4 Å². The van der Waals surface area contributed by atoms with Gasteiger partial charge in [-0.1, -0.05) is 6.92 Å². The number of nitrogens with zero attached hydrogens (tertiary/aromatic N) is 1. The Kier molecular flexibility index (Phi) is 2.37. The van der Waals surface area contributed by atoms with Gasteiger partial charge in [-0.25, -0.2) is 0 Å². The number of likely N-dealkylation sites (tertiary alicyclic amines) is 1. The maximum absolute atomic E-state index is 9.45. The van der Waals surface area contributed by atoms with Crippen LogP contribution in [0.25, 0.3) is 0 Å². The molecule has 1 saturated heterocycles. The van der Waals surface area contributed by atoms with Crippen LogP contribution in [0.3, 0.4) is 0 Å². The van der Waals surface area contributed by atoms with E-state index in [2.05, 4.69) is 18.9 Å². The molecule has 1 heterocycles. The second-order valence-corrected chi connectivity index (χ2v) is 5.10. The van der Waals surface area contributed by atoms with Crippen molar-refractivity contribution in [3.8, 4) is 0 Å². The van der Waals surface area contributed by atoms with Crippen LogP contribution in [-0.4, -0.2) is 36.8 Å². The molecule has 2 heteroatoms. The molecule has 2 nitrogen and oxygen atoms in total. The topological polar surface area (TPSA) is 23.5 Å². The molecule has 2 rings (SSSR count). The van der Waals surface area contributed by atoms with Crippen molar-refractivity contribution in [2.24, 2.45) is 17.3 Å². The number of aliphatic hydroxyl groups excluding tert-OH is 1. The molecule has 0 bridgehead atoms. The maximum atomic E-state index is 9.45. The summed E-state index contributed by atoms with van der Waals surface area (Å²) < 4.78 is 0. The molecule has 0 aromatic heterocycles. The fraction of sp³-hybridized carbons (Fsp3) is 1.00. The number of rotatable bonds is 2. The van der Waals surface area contributed by atoms with Crippen LogP contribution in [0.4, 0.5) is 0 Å². The Labute approximate surface area is 80.9 Å². The molecule has 1 aliphatic heterocycles. The summed E-state index contributed by atoms with van der Waals surface area (Å²) in [5, 5.41) is 9.45. The van der Waals surface area contributed by atoms with Gasteiger partial charge < -0.3 is 10.0 Å². The highest BCUT2D eigenvalue weighted by Crippen LogP contribution is 2.58. The maximum Gasteiger partial charge on any atom is 0.0493 e. The molecule has 76 valence electrons. The van der Waals surface area contributed by atoms with Crippen LogP contribution < -0.4 is 0 Å². The van der Waals surface area contributed by atoms with Crippen LogP contribution in [0.1, 0.15) is 26.2 Å². The lowest BCUT2D eigenvalue weighted by Crippen LogP contribution is -2.38. The average molecular weight is 183 g/mol. The quantitative estimate of drug-likeness (QED) is 0.698. The lowest BCUT2D eigenvalue weighted by atomic mass is 9.82. The van der Waals surface area contributed by atoms with Gasteiger partial charge in [0.2, 0.25) is 0 Å². The standard InChI is InChI=1S/C11H21NO/c1-9-6-11(9,8-13)10-4-3-5-12(2)7-10/h9-10,13H,3-8H2,1-2H3. The Morgan fingerprint density at radius 2 is 2.23 bits per heavy atom. The van der Waals surface area contributed by atoms with Crippen LogP contribution in [0.15, 0.2) is 0 Å². The van der Waals surface area contributed by atoms with Crippen molar-refractivity contribution in [2.45, 2.75) is 26.2 Å². The third-order valence-corrected chi connectivity index (χ3v) is 4.24.